The molecule has 72 valence electrons. The van der Waals surface area contributed by atoms with E-state index in [0.29, 0.717) is 6.42 Å². The minimum Gasteiger partial charge on any atom is -0.323 e. The zero-order chi connectivity index (χ0) is 9.97. The van der Waals surface area contributed by atoms with Crippen LogP contribution in [0.3, 0.4) is 0 Å². The number of aromatic nitrogens is 1. The zero-order valence-electron chi connectivity index (χ0n) is 8.23. The van der Waals surface area contributed by atoms with Gasteiger partial charge in [0.15, 0.2) is 5.78 Å². The van der Waals surface area contributed by atoms with E-state index in [1.54, 1.807) is 0 Å². The summed E-state index contributed by atoms with van der Waals surface area (Å²) in [5.41, 5.74) is 1.89. The standard InChI is InChI=1S/C12H13NO/c1-2-5-12(14)10-8-11-6-3-4-7-13(11)9-10/h3-4,6-9H,2,5H2,1H3. The topological polar surface area (TPSA) is 21.5 Å². The maximum atomic E-state index is 11.6. The van der Waals surface area contributed by atoms with Crippen molar-refractivity contribution in [2.75, 3.05) is 0 Å². The second-order valence-electron chi connectivity index (χ2n) is 3.43. The lowest BCUT2D eigenvalue weighted by Crippen LogP contribution is -1.95. The molecule has 0 fully saturated rings. The molecule has 0 saturated heterocycles. The number of Topliss-reactive ketones (excluding diaryl/α,β-unsaturated/α-hetero) is 1. The minimum absolute atomic E-state index is 0.233. The molecule has 0 aliphatic rings. The van der Waals surface area contributed by atoms with Crippen LogP contribution in [0.4, 0.5) is 0 Å². The smallest absolute Gasteiger partial charge is 0.164 e. The van der Waals surface area contributed by atoms with Crippen molar-refractivity contribution in [1.82, 2.24) is 4.40 Å². The first kappa shape index (κ1) is 9.00. The lowest BCUT2D eigenvalue weighted by molar-refractivity contribution is 0.0982. The predicted molar refractivity (Wildman–Crippen MR) is 56.6 cm³/mol. The Balaban J connectivity index is 2.40. The van der Waals surface area contributed by atoms with Crippen LogP contribution < -0.4 is 0 Å². The van der Waals surface area contributed by atoms with Gasteiger partial charge in [-0.1, -0.05) is 13.0 Å². The van der Waals surface area contributed by atoms with Crippen LogP contribution in [-0.4, -0.2) is 10.2 Å². The van der Waals surface area contributed by atoms with Crippen LogP contribution in [0.5, 0.6) is 0 Å². The predicted octanol–water partition coefficient (Wildman–Crippen LogP) is 2.92. The van der Waals surface area contributed by atoms with E-state index in [9.17, 15) is 4.79 Å². The van der Waals surface area contributed by atoms with Gasteiger partial charge < -0.3 is 4.40 Å². The first-order valence-electron chi connectivity index (χ1n) is 4.91. The van der Waals surface area contributed by atoms with E-state index in [2.05, 4.69) is 0 Å². The first-order valence-corrected chi connectivity index (χ1v) is 4.91. The zero-order valence-corrected chi connectivity index (χ0v) is 8.23. The molecule has 2 heteroatoms. The third-order valence-electron chi connectivity index (χ3n) is 2.30. The van der Waals surface area contributed by atoms with Gasteiger partial charge in [-0.05, 0) is 24.6 Å². The SMILES string of the molecule is CCCC(=O)c1cc2ccccn2c1. The fourth-order valence-electron chi connectivity index (χ4n) is 1.58. The summed E-state index contributed by atoms with van der Waals surface area (Å²) in [6.07, 6.45) is 5.40. The van der Waals surface area contributed by atoms with Crippen molar-refractivity contribution in [3.63, 3.8) is 0 Å². The van der Waals surface area contributed by atoms with Crippen molar-refractivity contribution < 1.29 is 4.79 Å². The van der Waals surface area contributed by atoms with Gasteiger partial charge in [-0.25, -0.2) is 0 Å². The molecule has 0 amide bonds. The highest BCUT2D eigenvalue weighted by atomic mass is 16.1. The Morgan fingerprint density at radius 3 is 3.00 bits per heavy atom. The van der Waals surface area contributed by atoms with Gasteiger partial charge in [0.05, 0.1) is 0 Å². The van der Waals surface area contributed by atoms with Crippen LogP contribution in [-0.2, 0) is 0 Å². The quantitative estimate of drug-likeness (QED) is 0.677. The van der Waals surface area contributed by atoms with Gasteiger partial charge >= 0.3 is 0 Å². The second kappa shape index (κ2) is 3.66. The van der Waals surface area contributed by atoms with Gasteiger partial charge in [0.2, 0.25) is 0 Å². The Kier molecular flexibility index (Phi) is 2.35. The molecule has 0 spiro atoms. The third-order valence-corrected chi connectivity index (χ3v) is 2.30. The van der Waals surface area contributed by atoms with Crippen molar-refractivity contribution in [3.8, 4) is 0 Å². The van der Waals surface area contributed by atoms with E-state index in [4.69, 9.17) is 0 Å². The van der Waals surface area contributed by atoms with Gasteiger partial charge in [-0.15, -0.1) is 0 Å². The summed E-state index contributed by atoms with van der Waals surface area (Å²) < 4.78 is 1.98. The Morgan fingerprint density at radius 2 is 2.29 bits per heavy atom. The molecule has 2 rings (SSSR count). The molecule has 0 aliphatic heterocycles. The van der Waals surface area contributed by atoms with E-state index >= 15 is 0 Å². The molecule has 2 heterocycles. The number of hydrogen-bond donors (Lipinski definition) is 0. The molecular weight excluding hydrogens is 174 g/mol. The highest BCUT2D eigenvalue weighted by Gasteiger charge is 2.06. The number of ketones is 1. The molecular formula is C12H13NO. The molecule has 0 N–H and O–H groups in total. The monoisotopic (exact) mass is 187 g/mol. The Morgan fingerprint density at radius 1 is 1.43 bits per heavy atom. The number of fused-ring (bicyclic) bond motifs is 1. The Hall–Kier alpha value is -1.57. The molecule has 2 aromatic rings. The van der Waals surface area contributed by atoms with Crippen LogP contribution >= 0.6 is 0 Å². The number of nitrogens with zero attached hydrogens (tertiary/aromatic N) is 1. The molecule has 2 aromatic heterocycles. The average Bonchev–Trinajstić information content (AvgIpc) is 2.61. The largest absolute Gasteiger partial charge is 0.323 e. The van der Waals surface area contributed by atoms with Crippen LogP contribution in [0.2, 0.25) is 0 Å². The summed E-state index contributed by atoms with van der Waals surface area (Å²) in [6, 6.07) is 7.88. The summed E-state index contributed by atoms with van der Waals surface area (Å²) in [7, 11) is 0. The average molecular weight is 187 g/mol. The fourth-order valence-corrected chi connectivity index (χ4v) is 1.58. The number of carbonyl (C=O) groups excluding carboxylic acids is 1. The van der Waals surface area contributed by atoms with Crippen LogP contribution in [0.25, 0.3) is 5.52 Å². The maximum Gasteiger partial charge on any atom is 0.164 e. The Bertz CT molecular complexity index is 423. The molecule has 2 nitrogen and oxygen atoms in total. The summed E-state index contributed by atoms with van der Waals surface area (Å²) in [5.74, 6) is 0.233. The normalized spacial score (nSPS) is 10.6. The lowest BCUT2D eigenvalue weighted by Gasteiger charge is -1.91. The number of carbonyl (C=O) groups is 1. The Labute approximate surface area is 83.2 Å². The summed E-state index contributed by atoms with van der Waals surface area (Å²) in [5, 5.41) is 0. The van der Waals surface area contributed by atoms with Gasteiger partial charge in [0, 0.05) is 29.9 Å². The van der Waals surface area contributed by atoms with E-state index in [-0.39, 0.29) is 5.78 Å². The van der Waals surface area contributed by atoms with E-state index in [1.165, 1.54) is 0 Å². The molecule has 0 radical (unpaired) electrons. The highest BCUT2D eigenvalue weighted by Crippen LogP contribution is 2.12. The number of rotatable bonds is 3. The highest BCUT2D eigenvalue weighted by molar-refractivity contribution is 5.97. The molecule has 14 heavy (non-hydrogen) atoms. The van der Waals surface area contributed by atoms with E-state index in [0.717, 1.165) is 17.5 Å². The van der Waals surface area contributed by atoms with Gasteiger partial charge in [-0.2, -0.15) is 0 Å². The van der Waals surface area contributed by atoms with Crippen molar-refractivity contribution in [2.45, 2.75) is 19.8 Å². The van der Waals surface area contributed by atoms with Crippen molar-refractivity contribution in [3.05, 3.63) is 42.2 Å². The van der Waals surface area contributed by atoms with Crippen molar-refractivity contribution >= 4 is 11.3 Å². The van der Waals surface area contributed by atoms with Gasteiger partial charge in [-0.3, -0.25) is 4.79 Å². The summed E-state index contributed by atoms with van der Waals surface area (Å²) in [6.45, 7) is 2.02. The minimum atomic E-state index is 0.233. The summed E-state index contributed by atoms with van der Waals surface area (Å²) >= 11 is 0. The maximum absolute atomic E-state index is 11.6. The molecule has 0 unspecified atom stereocenters. The molecule has 0 saturated carbocycles. The first-order chi connectivity index (χ1) is 6.81. The molecule has 0 bridgehead atoms. The van der Waals surface area contributed by atoms with Crippen LogP contribution in [0.1, 0.15) is 30.1 Å². The number of pyridine rings is 1. The molecule has 0 aromatic carbocycles. The van der Waals surface area contributed by atoms with E-state index in [1.807, 2.05) is 48.0 Å². The van der Waals surface area contributed by atoms with Crippen molar-refractivity contribution in [2.24, 2.45) is 0 Å². The third kappa shape index (κ3) is 1.55. The van der Waals surface area contributed by atoms with Gasteiger partial charge in [0.1, 0.15) is 0 Å². The number of hydrogen-bond acceptors (Lipinski definition) is 1. The van der Waals surface area contributed by atoms with Crippen LogP contribution in [0.15, 0.2) is 36.7 Å². The second-order valence-corrected chi connectivity index (χ2v) is 3.43. The summed E-state index contributed by atoms with van der Waals surface area (Å²) in [4.78, 5) is 11.6. The fraction of sp³-hybridized carbons (Fsp3) is 0.250. The molecule has 0 aliphatic carbocycles. The van der Waals surface area contributed by atoms with Crippen molar-refractivity contribution in [1.29, 1.82) is 0 Å². The lowest BCUT2D eigenvalue weighted by atomic mass is 10.1. The van der Waals surface area contributed by atoms with Gasteiger partial charge in [0.25, 0.3) is 0 Å². The molecule has 0 atom stereocenters. The van der Waals surface area contributed by atoms with Crippen LogP contribution in [0, 0.1) is 0 Å². The van der Waals surface area contributed by atoms with E-state index < -0.39 is 0 Å².